The molecule has 1 aromatic carbocycles. The zero-order chi connectivity index (χ0) is 11.7. The molecular weight excluding hydrogens is 268 g/mol. The van der Waals surface area contributed by atoms with Gasteiger partial charge in [0.1, 0.15) is 5.75 Å². The Bertz CT molecular complexity index is 373. The van der Waals surface area contributed by atoms with Gasteiger partial charge in [0.2, 0.25) is 0 Å². The lowest BCUT2D eigenvalue weighted by Crippen LogP contribution is -2.29. The molecule has 16 heavy (non-hydrogen) atoms. The number of hydrogen-bond donors (Lipinski definition) is 1. The lowest BCUT2D eigenvalue weighted by atomic mass is 10.0. The molecule has 0 amide bonds. The minimum Gasteiger partial charge on any atom is -0.497 e. The largest absolute Gasteiger partial charge is 0.497 e. The van der Waals surface area contributed by atoms with Crippen LogP contribution in [-0.4, -0.2) is 31.6 Å². The van der Waals surface area contributed by atoms with Crippen LogP contribution >= 0.6 is 15.9 Å². The van der Waals surface area contributed by atoms with Crippen LogP contribution in [0.15, 0.2) is 22.7 Å². The van der Waals surface area contributed by atoms with E-state index in [1.54, 1.807) is 7.11 Å². The quantitative estimate of drug-likeness (QED) is 0.905. The molecule has 1 aromatic rings. The second-order valence-corrected chi connectivity index (χ2v) is 5.12. The van der Waals surface area contributed by atoms with Crippen molar-refractivity contribution in [3.05, 3.63) is 28.2 Å². The number of likely N-dealkylation sites (N-methyl/N-ethyl adjacent to an activating group) is 1. The summed E-state index contributed by atoms with van der Waals surface area (Å²) in [7, 11) is 3.80. The minimum atomic E-state index is 0.202. The molecule has 0 spiro atoms. The molecule has 0 saturated carbocycles. The molecule has 1 aliphatic rings. The minimum absolute atomic E-state index is 0.202. The zero-order valence-corrected chi connectivity index (χ0v) is 11.2. The van der Waals surface area contributed by atoms with Crippen LogP contribution in [-0.2, 0) is 0 Å². The third kappa shape index (κ3) is 2.10. The Hall–Kier alpha value is -0.580. The summed E-state index contributed by atoms with van der Waals surface area (Å²) < 4.78 is 6.36. The summed E-state index contributed by atoms with van der Waals surface area (Å²) in [6.45, 7) is 1.05. The van der Waals surface area contributed by atoms with Gasteiger partial charge in [0.05, 0.1) is 13.2 Å². The predicted molar refractivity (Wildman–Crippen MR) is 68.7 cm³/mol. The highest BCUT2D eigenvalue weighted by Gasteiger charge is 2.31. The van der Waals surface area contributed by atoms with Gasteiger partial charge >= 0.3 is 0 Å². The second kappa shape index (κ2) is 4.73. The number of nitrogens with two attached hydrogens (primary N) is 1. The number of halogens is 1. The monoisotopic (exact) mass is 284 g/mol. The number of ether oxygens (including phenoxy) is 1. The third-order valence-electron chi connectivity index (χ3n) is 3.22. The number of nitrogens with zero attached hydrogens (tertiary/aromatic N) is 1. The van der Waals surface area contributed by atoms with Gasteiger partial charge in [0.15, 0.2) is 0 Å². The summed E-state index contributed by atoms with van der Waals surface area (Å²) in [5.74, 6) is 0.880. The van der Waals surface area contributed by atoms with Crippen LogP contribution in [0.3, 0.4) is 0 Å². The first-order chi connectivity index (χ1) is 7.63. The van der Waals surface area contributed by atoms with E-state index in [0.717, 1.165) is 23.2 Å². The standard InChI is InChI=1S/C12H17BrN2O/c1-15-6-5-11(14)12(15)9-7-8(16-2)3-4-10(9)13/h3-4,7,11-12H,5-6,14H2,1-2H3. The van der Waals surface area contributed by atoms with Gasteiger partial charge in [0, 0.05) is 17.1 Å². The highest BCUT2D eigenvalue weighted by Crippen LogP contribution is 2.36. The fourth-order valence-electron chi connectivity index (χ4n) is 2.32. The Morgan fingerprint density at radius 2 is 2.25 bits per heavy atom. The second-order valence-electron chi connectivity index (χ2n) is 4.27. The van der Waals surface area contributed by atoms with Gasteiger partial charge in [-0.05, 0) is 37.2 Å². The predicted octanol–water partition coefficient (Wildman–Crippen LogP) is 2.16. The zero-order valence-electron chi connectivity index (χ0n) is 9.61. The van der Waals surface area contributed by atoms with Gasteiger partial charge in [-0.15, -0.1) is 0 Å². The van der Waals surface area contributed by atoms with E-state index >= 15 is 0 Å². The van der Waals surface area contributed by atoms with E-state index in [1.807, 2.05) is 12.1 Å². The fraction of sp³-hybridized carbons (Fsp3) is 0.500. The van der Waals surface area contributed by atoms with Crippen LogP contribution in [0.25, 0.3) is 0 Å². The van der Waals surface area contributed by atoms with Crippen molar-refractivity contribution in [1.29, 1.82) is 0 Å². The molecule has 0 aromatic heterocycles. The van der Waals surface area contributed by atoms with E-state index in [0.29, 0.717) is 0 Å². The van der Waals surface area contributed by atoms with Crippen LogP contribution < -0.4 is 10.5 Å². The number of rotatable bonds is 2. The molecule has 0 aliphatic carbocycles. The highest BCUT2D eigenvalue weighted by atomic mass is 79.9. The van der Waals surface area contributed by atoms with Crippen molar-refractivity contribution >= 4 is 15.9 Å². The number of likely N-dealkylation sites (tertiary alicyclic amines) is 1. The lowest BCUT2D eigenvalue weighted by Gasteiger charge is -2.24. The topological polar surface area (TPSA) is 38.5 Å². The van der Waals surface area contributed by atoms with Gasteiger partial charge in [0.25, 0.3) is 0 Å². The fourth-order valence-corrected chi connectivity index (χ4v) is 2.80. The van der Waals surface area contributed by atoms with E-state index in [2.05, 4.69) is 33.9 Å². The summed E-state index contributed by atoms with van der Waals surface area (Å²) in [6, 6.07) is 6.52. The Morgan fingerprint density at radius 1 is 1.50 bits per heavy atom. The summed E-state index contributed by atoms with van der Waals surface area (Å²) in [4.78, 5) is 2.30. The first kappa shape index (κ1) is 11.9. The SMILES string of the molecule is COc1ccc(Br)c(C2C(N)CCN2C)c1. The van der Waals surface area contributed by atoms with Crippen molar-refractivity contribution < 1.29 is 4.74 Å². The molecule has 2 unspecified atom stereocenters. The van der Waals surface area contributed by atoms with Gasteiger partial charge in [-0.1, -0.05) is 15.9 Å². The molecule has 0 bridgehead atoms. The van der Waals surface area contributed by atoms with Crippen molar-refractivity contribution in [2.45, 2.75) is 18.5 Å². The summed E-state index contributed by atoms with van der Waals surface area (Å²) >= 11 is 3.59. The van der Waals surface area contributed by atoms with E-state index < -0.39 is 0 Å². The highest BCUT2D eigenvalue weighted by molar-refractivity contribution is 9.10. The van der Waals surface area contributed by atoms with Crippen LogP contribution in [0.4, 0.5) is 0 Å². The molecule has 1 saturated heterocycles. The number of methoxy groups -OCH3 is 1. The van der Waals surface area contributed by atoms with Gasteiger partial charge < -0.3 is 10.5 Å². The Morgan fingerprint density at radius 3 is 2.81 bits per heavy atom. The molecule has 2 N–H and O–H groups in total. The van der Waals surface area contributed by atoms with Crippen molar-refractivity contribution in [1.82, 2.24) is 4.90 Å². The molecular formula is C12H17BrN2O. The number of hydrogen-bond acceptors (Lipinski definition) is 3. The van der Waals surface area contributed by atoms with Gasteiger partial charge in [-0.3, -0.25) is 4.90 Å². The molecule has 4 heteroatoms. The van der Waals surface area contributed by atoms with Crippen LogP contribution in [0.5, 0.6) is 5.75 Å². The Labute approximate surface area is 105 Å². The van der Waals surface area contributed by atoms with E-state index in [1.165, 1.54) is 5.56 Å². The van der Waals surface area contributed by atoms with Crippen LogP contribution in [0.1, 0.15) is 18.0 Å². The maximum absolute atomic E-state index is 6.16. The number of benzene rings is 1. The van der Waals surface area contributed by atoms with E-state index in [-0.39, 0.29) is 12.1 Å². The third-order valence-corrected chi connectivity index (χ3v) is 3.94. The maximum atomic E-state index is 6.16. The molecule has 1 aliphatic heterocycles. The summed E-state index contributed by atoms with van der Waals surface area (Å²) in [5, 5.41) is 0. The molecule has 2 rings (SSSR count). The normalized spacial score (nSPS) is 26.0. The van der Waals surface area contributed by atoms with Gasteiger partial charge in [-0.2, -0.15) is 0 Å². The maximum Gasteiger partial charge on any atom is 0.119 e. The molecule has 1 heterocycles. The Balaban J connectivity index is 2.38. The summed E-state index contributed by atoms with van der Waals surface area (Å²) in [6.07, 6.45) is 1.05. The van der Waals surface area contributed by atoms with E-state index in [4.69, 9.17) is 10.5 Å². The first-order valence-electron chi connectivity index (χ1n) is 5.42. The van der Waals surface area contributed by atoms with Crippen LogP contribution in [0.2, 0.25) is 0 Å². The Kier molecular flexibility index (Phi) is 3.52. The van der Waals surface area contributed by atoms with Gasteiger partial charge in [-0.25, -0.2) is 0 Å². The van der Waals surface area contributed by atoms with E-state index in [9.17, 15) is 0 Å². The van der Waals surface area contributed by atoms with Crippen molar-refractivity contribution in [2.24, 2.45) is 5.73 Å². The molecule has 3 nitrogen and oxygen atoms in total. The molecule has 1 fully saturated rings. The summed E-state index contributed by atoms with van der Waals surface area (Å²) in [5.41, 5.74) is 7.37. The molecule has 88 valence electrons. The van der Waals surface area contributed by atoms with Crippen molar-refractivity contribution in [3.63, 3.8) is 0 Å². The smallest absolute Gasteiger partial charge is 0.119 e. The van der Waals surface area contributed by atoms with Crippen molar-refractivity contribution in [2.75, 3.05) is 20.7 Å². The lowest BCUT2D eigenvalue weighted by molar-refractivity contribution is 0.302. The molecule has 2 atom stereocenters. The average molecular weight is 285 g/mol. The first-order valence-corrected chi connectivity index (χ1v) is 6.22. The molecule has 0 radical (unpaired) electrons. The average Bonchev–Trinajstić information content (AvgIpc) is 2.60. The van der Waals surface area contributed by atoms with Crippen molar-refractivity contribution in [3.8, 4) is 5.75 Å². The van der Waals surface area contributed by atoms with Crippen LogP contribution in [0, 0.1) is 0 Å².